The fourth-order valence-corrected chi connectivity index (χ4v) is 7.51. The number of benzene rings is 5. The van der Waals surface area contributed by atoms with Crippen LogP contribution in [0.15, 0.2) is 169 Å². The Bertz CT molecular complexity index is 2710. The molecule has 3 aromatic heterocycles. The van der Waals surface area contributed by atoms with E-state index < -0.39 is 0 Å². The van der Waals surface area contributed by atoms with Crippen LogP contribution in [0.1, 0.15) is 32.4 Å². The Kier molecular flexibility index (Phi) is 7.35. The van der Waals surface area contributed by atoms with Crippen molar-refractivity contribution in [3.63, 3.8) is 0 Å². The van der Waals surface area contributed by atoms with Gasteiger partial charge in [0.05, 0.1) is 27.8 Å². The molecule has 4 heteroatoms. The largest absolute Gasteiger partial charge is 0.316 e. The van der Waals surface area contributed by atoms with Gasteiger partial charge in [0, 0.05) is 44.7 Å². The lowest BCUT2D eigenvalue weighted by Gasteiger charge is -2.13. The number of nitrogens with zero attached hydrogens (tertiary/aromatic N) is 4. The molecule has 0 atom stereocenters. The van der Waals surface area contributed by atoms with E-state index in [-0.39, 0.29) is 0 Å². The Balaban J connectivity index is 1.22. The highest BCUT2D eigenvalue weighted by atomic mass is 15.0. The van der Waals surface area contributed by atoms with E-state index >= 15 is 0 Å². The smallest absolute Gasteiger partial charge is 0.160 e. The predicted octanol–water partition coefficient (Wildman–Crippen LogP) is 12.0. The van der Waals surface area contributed by atoms with Gasteiger partial charge >= 0.3 is 0 Å². The number of fused-ring (bicyclic) bond motifs is 6. The average molecular weight is 645 g/mol. The van der Waals surface area contributed by atoms with E-state index in [4.69, 9.17) is 9.97 Å². The molecule has 0 saturated carbocycles. The van der Waals surface area contributed by atoms with Crippen molar-refractivity contribution in [3.8, 4) is 22.8 Å². The minimum Gasteiger partial charge on any atom is -0.316 e. The normalized spacial score (nSPS) is 13.9. The maximum atomic E-state index is 5.28. The first-order chi connectivity index (χ1) is 24.7. The van der Waals surface area contributed by atoms with Crippen molar-refractivity contribution in [2.24, 2.45) is 0 Å². The van der Waals surface area contributed by atoms with Crippen LogP contribution in [0.4, 0.5) is 0 Å². The van der Waals surface area contributed by atoms with Crippen molar-refractivity contribution in [2.75, 3.05) is 0 Å². The van der Waals surface area contributed by atoms with Crippen LogP contribution in [0.5, 0.6) is 0 Å². The Labute approximate surface area is 291 Å². The summed E-state index contributed by atoms with van der Waals surface area (Å²) in [7, 11) is 0. The van der Waals surface area contributed by atoms with Gasteiger partial charge in [0.25, 0.3) is 0 Å². The number of rotatable bonds is 6. The van der Waals surface area contributed by atoms with E-state index in [1.54, 1.807) is 0 Å². The van der Waals surface area contributed by atoms with Crippen LogP contribution in [-0.2, 0) is 0 Å². The molecular weight excluding hydrogens is 609 g/mol. The zero-order chi connectivity index (χ0) is 33.6. The molecule has 0 bridgehead atoms. The molecule has 4 nitrogen and oxygen atoms in total. The van der Waals surface area contributed by atoms with Crippen LogP contribution in [0, 0.1) is 0 Å². The fraction of sp³-hybridized carbons (Fsp3) is 0.0870. The number of hydrogen-bond acceptors (Lipinski definition) is 2. The highest BCUT2D eigenvalue weighted by Crippen LogP contribution is 2.38. The summed E-state index contributed by atoms with van der Waals surface area (Å²) in [5, 5.41) is 4.73. The van der Waals surface area contributed by atoms with Gasteiger partial charge in [-0.2, -0.15) is 0 Å². The van der Waals surface area contributed by atoms with Crippen LogP contribution >= 0.6 is 0 Å². The third-order valence-electron chi connectivity index (χ3n) is 9.89. The van der Waals surface area contributed by atoms with Crippen molar-refractivity contribution < 1.29 is 0 Å². The molecule has 50 heavy (non-hydrogen) atoms. The monoisotopic (exact) mass is 644 g/mol. The van der Waals surface area contributed by atoms with Crippen molar-refractivity contribution in [1.82, 2.24) is 19.1 Å². The van der Waals surface area contributed by atoms with Gasteiger partial charge in [-0.15, -0.1) is 0 Å². The third-order valence-corrected chi connectivity index (χ3v) is 9.89. The molecule has 9 rings (SSSR count). The van der Waals surface area contributed by atoms with Gasteiger partial charge in [-0.3, -0.25) is 0 Å². The Morgan fingerprint density at radius 1 is 0.680 bits per heavy atom. The quantitative estimate of drug-likeness (QED) is 0.169. The number of para-hydroxylation sites is 3. The summed E-state index contributed by atoms with van der Waals surface area (Å²) in [6.45, 7) is 4.27. The summed E-state index contributed by atoms with van der Waals surface area (Å²) in [6.07, 6.45) is 15.6. The number of allylic oxidation sites excluding steroid dienone is 8. The Morgan fingerprint density at radius 2 is 1.48 bits per heavy atom. The molecule has 3 heterocycles. The van der Waals surface area contributed by atoms with Crippen molar-refractivity contribution in [2.45, 2.75) is 26.7 Å². The number of hydrogen-bond donors (Lipinski definition) is 0. The molecule has 1 aliphatic carbocycles. The molecule has 8 aromatic rings. The summed E-state index contributed by atoms with van der Waals surface area (Å²) in [6, 6.07) is 43.0. The summed E-state index contributed by atoms with van der Waals surface area (Å²) in [4.78, 5) is 10.4. The lowest BCUT2D eigenvalue weighted by atomic mass is 9.96. The summed E-state index contributed by atoms with van der Waals surface area (Å²) in [5.41, 5.74) is 12.2. The van der Waals surface area contributed by atoms with E-state index in [0.717, 1.165) is 51.9 Å². The zero-order valence-corrected chi connectivity index (χ0v) is 28.2. The van der Waals surface area contributed by atoms with Crippen molar-refractivity contribution in [1.29, 1.82) is 0 Å². The van der Waals surface area contributed by atoms with E-state index in [2.05, 4.69) is 181 Å². The van der Waals surface area contributed by atoms with E-state index in [9.17, 15) is 0 Å². The Morgan fingerprint density at radius 3 is 2.32 bits per heavy atom. The highest BCUT2D eigenvalue weighted by molar-refractivity contribution is 6.18. The van der Waals surface area contributed by atoms with Gasteiger partial charge in [0.1, 0.15) is 0 Å². The fourth-order valence-electron chi connectivity index (χ4n) is 7.51. The topological polar surface area (TPSA) is 35.6 Å². The first-order valence-corrected chi connectivity index (χ1v) is 17.4. The predicted molar refractivity (Wildman–Crippen MR) is 210 cm³/mol. The third kappa shape index (κ3) is 5.00. The van der Waals surface area contributed by atoms with E-state index in [1.807, 2.05) is 0 Å². The SMILES string of the molecule is C/C=C(\C=C(/C)c1nc(-c2cccc(-n3c4ccccc4c4ccc5c(ccn5-c5ccccc5)c43)c2)nc2ccccc12)C1=CCCC=C1. The first kappa shape index (κ1) is 29.8. The average Bonchev–Trinajstić information content (AvgIpc) is 3.77. The van der Waals surface area contributed by atoms with Crippen LogP contribution in [0.2, 0.25) is 0 Å². The molecule has 0 aliphatic heterocycles. The second-order valence-corrected chi connectivity index (χ2v) is 12.9. The molecule has 5 aromatic carbocycles. The summed E-state index contributed by atoms with van der Waals surface area (Å²) < 4.78 is 4.68. The van der Waals surface area contributed by atoms with Crippen molar-refractivity contribution in [3.05, 3.63) is 175 Å². The molecule has 0 amide bonds. The van der Waals surface area contributed by atoms with Gasteiger partial charge in [0.15, 0.2) is 5.82 Å². The Hall–Kier alpha value is -6.26. The maximum absolute atomic E-state index is 5.28. The molecule has 1 aliphatic rings. The van der Waals surface area contributed by atoms with Gasteiger partial charge in [-0.1, -0.05) is 97.1 Å². The van der Waals surface area contributed by atoms with Gasteiger partial charge in [-0.25, -0.2) is 9.97 Å². The summed E-state index contributed by atoms with van der Waals surface area (Å²) in [5.74, 6) is 0.716. The van der Waals surface area contributed by atoms with Gasteiger partial charge in [-0.05, 0) is 98.0 Å². The molecular formula is C46H36N4. The van der Waals surface area contributed by atoms with Crippen molar-refractivity contribution >= 4 is 49.2 Å². The van der Waals surface area contributed by atoms with Crippen LogP contribution in [0.3, 0.4) is 0 Å². The lowest BCUT2D eigenvalue weighted by molar-refractivity contribution is 1.02. The zero-order valence-electron chi connectivity index (χ0n) is 28.2. The van der Waals surface area contributed by atoms with Gasteiger partial charge in [0.2, 0.25) is 0 Å². The lowest BCUT2D eigenvalue weighted by Crippen LogP contribution is -1.99. The van der Waals surface area contributed by atoms with E-state index in [1.165, 1.54) is 43.9 Å². The minimum absolute atomic E-state index is 0.716. The molecule has 240 valence electrons. The second-order valence-electron chi connectivity index (χ2n) is 12.9. The van der Waals surface area contributed by atoms with Crippen LogP contribution in [0.25, 0.3) is 71.9 Å². The second kappa shape index (κ2) is 12.3. The highest BCUT2D eigenvalue weighted by Gasteiger charge is 2.18. The molecule has 0 radical (unpaired) electrons. The van der Waals surface area contributed by atoms with E-state index in [0.29, 0.717) is 5.82 Å². The van der Waals surface area contributed by atoms with Gasteiger partial charge < -0.3 is 9.13 Å². The first-order valence-electron chi connectivity index (χ1n) is 17.4. The summed E-state index contributed by atoms with van der Waals surface area (Å²) >= 11 is 0. The molecule has 0 unspecified atom stereocenters. The molecule has 0 fully saturated rings. The maximum Gasteiger partial charge on any atom is 0.160 e. The standard InChI is InChI=1S/C46H36N4/c1-3-32(33-15-6-4-7-16-33)29-31(2)44-39-22-10-12-23-41(39)47-46(48-44)34-17-14-20-36(30-34)50-43-24-13-11-21-37(43)38-25-26-42-40(45(38)50)27-28-49(42)35-18-8-5-9-19-35/h3,5-6,8-30H,4,7H2,1-2H3/b31-29+,32-3+. The molecule has 0 saturated heterocycles. The van der Waals surface area contributed by atoms with Crippen LogP contribution in [-0.4, -0.2) is 19.1 Å². The van der Waals surface area contributed by atoms with Crippen LogP contribution < -0.4 is 0 Å². The molecule has 0 N–H and O–H groups in total. The minimum atomic E-state index is 0.716. The molecule has 0 spiro atoms. The number of aromatic nitrogens is 4.